The zero-order valence-electron chi connectivity index (χ0n) is 14.5. The third kappa shape index (κ3) is 3.99. The van der Waals surface area contributed by atoms with Crippen molar-refractivity contribution >= 4 is 28.8 Å². The molecule has 1 aromatic heterocycles. The number of hydrogen-bond acceptors (Lipinski definition) is 5. The molecule has 0 atom stereocenters. The van der Waals surface area contributed by atoms with Crippen LogP contribution in [-0.4, -0.2) is 29.9 Å². The fourth-order valence-corrected chi connectivity index (χ4v) is 3.26. The lowest BCUT2D eigenvalue weighted by Crippen LogP contribution is -2.38. The molecule has 0 radical (unpaired) electrons. The molecule has 0 saturated heterocycles. The first kappa shape index (κ1) is 17.4. The van der Waals surface area contributed by atoms with E-state index in [1.54, 1.807) is 10.3 Å². The Morgan fingerprint density at radius 2 is 2.24 bits per heavy atom. The lowest BCUT2D eigenvalue weighted by Gasteiger charge is -2.28. The minimum Gasteiger partial charge on any atom is -0.482 e. The van der Waals surface area contributed by atoms with Gasteiger partial charge in [-0.1, -0.05) is 19.9 Å². The number of thiazole rings is 1. The molecule has 7 heteroatoms. The van der Waals surface area contributed by atoms with Crippen LogP contribution in [0.15, 0.2) is 23.6 Å². The SMILES string of the molecule is Cc1ccc2c(c1)OCC(=O)N2Cc1nc(C(=O)NCC(C)C)cs1. The molecule has 1 aliphatic heterocycles. The number of amides is 2. The number of ether oxygens (including phenoxy) is 1. The number of anilines is 1. The van der Waals surface area contributed by atoms with Crippen LogP contribution in [0, 0.1) is 12.8 Å². The van der Waals surface area contributed by atoms with Crippen LogP contribution in [0.25, 0.3) is 0 Å². The van der Waals surface area contributed by atoms with E-state index in [0.717, 1.165) is 16.3 Å². The lowest BCUT2D eigenvalue weighted by molar-refractivity contribution is -0.121. The largest absolute Gasteiger partial charge is 0.482 e. The minimum atomic E-state index is -0.180. The Hall–Kier alpha value is -2.41. The molecular weight excluding hydrogens is 338 g/mol. The predicted octanol–water partition coefficient (Wildman–Crippen LogP) is 2.76. The normalized spacial score (nSPS) is 13.6. The molecule has 25 heavy (non-hydrogen) atoms. The van der Waals surface area contributed by atoms with Crippen LogP contribution in [-0.2, 0) is 11.3 Å². The minimum absolute atomic E-state index is 0.0174. The molecule has 0 spiro atoms. The molecule has 0 aliphatic carbocycles. The van der Waals surface area contributed by atoms with Gasteiger partial charge in [-0.2, -0.15) is 0 Å². The highest BCUT2D eigenvalue weighted by Gasteiger charge is 2.26. The number of carbonyl (C=O) groups excluding carboxylic acids is 2. The van der Waals surface area contributed by atoms with Crippen molar-refractivity contribution in [3.63, 3.8) is 0 Å². The van der Waals surface area contributed by atoms with E-state index in [1.807, 2.05) is 39.0 Å². The van der Waals surface area contributed by atoms with E-state index in [4.69, 9.17) is 4.74 Å². The average Bonchev–Trinajstić information content (AvgIpc) is 3.04. The van der Waals surface area contributed by atoms with Crippen molar-refractivity contribution in [2.45, 2.75) is 27.3 Å². The molecule has 1 aromatic carbocycles. The Labute approximate surface area is 150 Å². The molecule has 3 rings (SSSR count). The molecule has 0 saturated carbocycles. The number of carbonyl (C=O) groups is 2. The zero-order chi connectivity index (χ0) is 18.0. The molecular formula is C18H21N3O3S. The Balaban J connectivity index is 1.75. The van der Waals surface area contributed by atoms with Crippen LogP contribution in [0.2, 0.25) is 0 Å². The molecule has 1 aliphatic rings. The van der Waals surface area contributed by atoms with Crippen LogP contribution >= 0.6 is 11.3 Å². The van der Waals surface area contributed by atoms with E-state index in [1.165, 1.54) is 11.3 Å². The van der Waals surface area contributed by atoms with Crippen LogP contribution < -0.4 is 15.0 Å². The zero-order valence-corrected chi connectivity index (χ0v) is 15.4. The summed E-state index contributed by atoms with van der Waals surface area (Å²) in [5.74, 6) is 0.789. The molecule has 0 unspecified atom stereocenters. The van der Waals surface area contributed by atoms with E-state index in [2.05, 4.69) is 10.3 Å². The first-order chi connectivity index (χ1) is 11.9. The highest BCUT2D eigenvalue weighted by molar-refractivity contribution is 7.09. The van der Waals surface area contributed by atoms with Crippen LogP contribution in [0.3, 0.4) is 0 Å². The maximum absolute atomic E-state index is 12.3. The van der Waals surface area contributed by atoms with Crippen LogP contribution in [0.5, 0.6) is 5.75 Å². The maximum Gasteiger partial charge on any atom is 0.270 e. The third-order valence-electron chi connectivity index (χ3n) is 3.81. The summed E-state index contributed by atoms with van der Waals surface area (Å²) in [6.07, 6.45) is 0. The summed E-state index contributed by atoms with van der Waals surface area (Å²) in [6.45, 7) is 7.02. The van der Waals surface area contributed by atoms with Gasteiger partial charge >= 0.3 is 0 Å². The topological polar surface area (TPSA) is 71.5 Å². The number of rotatable bonds is 5. The molecule has 2 aromatic rings. The van der Waals surface area contributed by atoms with E-state index < -0.39 is 0 Å². The number of nitrogens with zero attached hydrogens (tertiary/aromatic N) is 2. The van der Waals surface area contributed by atoms with Gasteiger partial charge in [0.1, 0.15) is 16.5 Å². The van der Waals surface area contributed by atoms with E-state index in [9.17, 15) is 9.59 Å². The summed E-state index contributed by atoms with van der Waals surface area (Å²) in [7, 11) is 0. The van der Waals surface area contributed by atoms with Gasteiger partial charge in [0.15, 0.2) is 6.61 Å². The molecule has 2 heterocycles. The third-order valence-corrected chi connectivity index (χ3v) is 4.64. The number of aromatic nitrogens is 1. The molecule has 1 N–H and O–H groups in total. The second-order valence-corrected chi connectivity index (χ2v) is 7.41. The summed E-state index contributed by atoms with van der Waals surface area (Å²) in [4.78, 5) is 30.4. The van der Waals surface area contributed by atoms with Crippen LogP contribution in [0.1, 0.15) is 34.9 Å². The van der Waals surface area contributed by atoms with E-state index >= 15 is 0 Å². The Bertz CT molecular complexity index is 801. The van der Waals surface area contributed by atoms with Gasteiger partial charge in [0.2, 0.25) is 0 Å². The standard InChI is InChI=1S/C18H21N3O3S/c1-11(2)7-19-18(23)13-10-25-16(20-13)8-21-14-5-4-12(3)6-15(14)24-9-17(21)22/h4-6,10-11H,7-9H2,1-3H3,(H,19,23). The smallest absolute Gasteiger partial charge is 0.270 e. The Kier molecular flexibility index (Phi) is 5.03. The highest BCUT2D eigenvalue weighted by atomic mass is 32.1. The van der Waals surface area contributed by atoms with Gasteiger partial charge < -0.3 is 10.1 Å². The fourth-order valence-electron chi connectivity index (χ4n) is 2.50. The summed E-state index contributed by atoms with van der Waals surface area (Å²) in [6, 6.07) is 5.74. The number of aryl methyl sites for hydroxylation is 1. The van der Waals surface area contributed by atoms with Crippen molar-refractivity contribution in [1.82, 2.24) is 10.3 Å². The highest BCUT2D eigenvalue weighted by Crippen LogP contribution is 2.34. The summed E-state index contributed by atoms with van der Waals surface area (Å²) >= 11 is 1.38. The first-order valence-electron chi connectivity index (χ1n) is 8.20. The van der Waals surface area contributed by atoms with Crippen molar-refractivity contribution in [1.29, 1.82) is 0 Å². The second kappa shape index (κ2) is 7.23. The maximum atomic E-state index is 12.3. The molecule has 2 amide bonds. The monoisotopic (exact) mass is 359 g/mol. The van der Waals surface area contributed by atoms with Crippen molar-refractivity contribution in [3.8, 4) is 5.75 Å². The number of fused-ring (bicyclic) bond motifs is 1. The van der Waals surface area contributed by atoms with Crippen molar-refractivity contribution in [2.24, 2.45) is 5.92 Å². The number of hydrogen-bond donors (Lipinski definition) is 1. The second-order valence-electron chi connectivity index (χ2n) is 6.47. The van der Waals surface area contributed by atoms with Crippen LogP contribution in [0.4, 0.5) is 5.69 Å². The predicted molar refractivity (Wildman–Crippen MR) is 97.1 cm³/mol. The van der Waals surface area contributed by atoms with E-state index in [-0.39, 0.29) is 18.4 Å². The summed E-state index contributed by atoms with van der Waals surface area (Å²) < 4.78 is 5.51. The number of benzene rings is 1. The Morgan fingerprint density at radius 3 is 3.00 bits per heavy atom. The van der Waals surface area contributed by atoms with Gasteiger partial charge in [-0.3, -0.25) is 14.5 Å². The fraction of sp³-hybridized carbons (Fsp3) is 0.389. The van der Waals surface area contributed by atoms with E-state index in [0.29, 0.717) is 30.5 Å². The van der Waals surface area contributed by atoms with Crippen molar-refractivity contribution < 1.29 is 14.3 Å². The quantitative estimate of drug-likeness (QED) is 0.891. The average molecular weight is 359 g/mol. The van der Waals surface area contributed by atoms with Gasteiger partial charge in [-0.05, 0) is 30.5 Å². The summed E-state index contributed by atoms with van der Waals surface area (Å²) in [5, 5.41) is 5.30. The Morgan fingerprint density at radius 1 is 1.44 bits per heavy atom. The van der Waals surface area contributed by atoms with Crippen molar-refractivity contribution in [3.05, 3.63) is 39.8 Å². The molecule has 0 fully saturated rings. The van der Waals surface area contributed by atoms with Gasteiger partial charge in [0.25, 0.3) is 11.8 Å². The van der Waals surface area contributed by atoms with Gasteiger partial charge in [-0.15, -0.1) is 11.3 Å². The molecule has 0 bridgehead atoms. The van der Waals surface area contributed by atoms with Gasteiger partial charge in [-0.25, -0.2) is 4.98 Å². The first-order valence-corrected chi connectivity index (χ1v) is 9.08. The summed E-state index contributed by atoms with van der Waals surface area (Å²) in [5.41, 5.74) is 2.21. The molecule has 132 valence electrons. The lowest BCUT2D eigenvalue weighted by atomic mass is 10.1. The van der Waals surface area contributed by atoms with Crippen molar-refractivity contribution in [2.75, 3.05) is 18.1 Å². The molecule has 6 nitrogen and oxygen atoms in total. The van der Waals surface area contributed by atoms with Gasteiger partial charge in [0.05, 0.1) is 12.2 Å². The number of nitrogens with one attached hydrogen (secondary N) is 1. The van der Waals surface area contributed by atoms with Gasteiger partial charge in [0, 0.05) is 11.9 Å².